The smallest absolute Gasteiger partial charge is 0.282 e. The van der Waals surface area contributed by atoms with E-state index in [9.17, 15) is 9.90 Å². The SMILES string of the molecule is O=c1c2ccccc2nc(COc2ccccc2)n1N=Cc1c(O)ccc2ccccc12. The summed E-state index contributed by atoms with van der Waals surface area (Å²) in [4.78, 5) is 17.8. The molecule has 6 nitrogen and oxygen atoms in total. The Kier molecular flexibility index (Phi) is 5.09. The van der Waals surface area contributed by atoms with Crippen molar-refractivity contribution in [2.24, 2.45) is 5.10 Å². The molecule has 0 spiro atoms. The molecule has 0 aliphatic heterocycles. The summed E-state index contributed by atoms with van der Waals surface area (Å²) in [6, 6.07) is 27.6. The maximum absolute atomic E-state index is 13.2. The maximum Gasteiger partial charge on any atom is 0.282 e. The van der Waals surface area contributed by atoms with E-state index in [1.54, 1.807) is 24.3 Å². The lowest BCUT2D eigenvalue weighted by Crippen LogP contribution is -2.23. The summed E-state index contributed by atoms with van der Waals surface area (Å²) in [5, 5.41) is 17.1. The summed E-state index contributed by atoms with van der Waals surface area (Å²) in [6.07, 6.45) is 1.49. The van der Waals surface area contributed by atoms with Gasteiger partial charge in [0.05, 0.1) is 17.1 Å². The predicted octanol–water partition coefficient (Wildman–Crippen LogP) is 4.72. The predicted molar refractivity (Wildman–Crippen MR) is 125 cm³/mol. The van der Waals surface area contributed by atoms with Crippen LogP contribution in [-0.2, 0) is 6.61 Å². The Morgan fingerprint density at radius 2 is 1.59 bits per heavy atom. The van der Waals surface area contributed by atoms with Crippen LogP contribution in [0.4, 0.5) is 0 Å². The summed E-state index contributed by atoms with van der Waals surface area (Å²) in [5.74, 6) is 1.10. The van der Waals surface area contributed by atoms with Crippen molar-refractivity contribution in [3.8, 4) is 11.5 Å². The molecular formula is C26H19N3O3. The third-order valence-corrected chi connectivity index (χ3v) is 5.18. The van der Waals surface area contributed by atoms with Gasteiger partial charge in [-0.05, 0) is 41.1 Å². The van der Waals surface area contributed by atoms with Gasteiger partial charge in [0.1, 0.15) is 18.1 Å². The van der Waals surface area contributed by atoms with Gasteiger partial charge in [-0.1, -0.05) is 60.7 Å². The Hall–Kier alpha value is -4.45. The number of hydrogen-bond donors (Lipinski definition) is 1. The molecule has 4 aromatic carbocycles. The first-order valence-electron chi connectivity index (χ1n) is 10.1. The Morgan fingerprint density at radius 1 is 0.875 bits per heavy atom. The molecule has 0 amide bonds. The van der Waals surface area contributed by atoms with E-state index in [1.807, 2.05) is 66.7 Å². The lowest BCUT2D eigenvalue weighted by Gasteiger charge is -2.11. The zero-order valence-electron chi connectivity index (χ0n) is 17.1. The molecule has 1 N–H and O–H groups in total. The molecular weight excluding hydrogens is 402 g/mol. The number of rotatable bonds is 5. The number of aromatic nitrogens is 2. The third kappa shape index (κ3) is 3.70. The van der Waals surface area contributed by atoms with E-state index >= 15 is 0 Å². The molecule has 0 aliphatic rings. The van der Waals surface area contributed by atoms with Gasteiger partial charge in [0, 0.05) is 5.56 Å². The van der Waals surface area contributed by atoms with Gasteiger partial charge >= 0.3 is 0 Å². The van der Waals surface area contributed by atoms with Gasteiger partial charge in [-0.15, -0.1) is 0 Å². The fourth-order valence-corrected chi connectivity index (χ4v) is 3.58. The molecule has 1 heterocycles. The van der Waals surface area contributed by atoms with E-state index in [-0.39, 0.29) is 17.9 Å². The molecule has 156 valence electrons. The number of benzene rings is 4. The summed E-state index contributed by atoms with van der Waals surface area (Å²) < 4.78 is 7.07. The number of aromatic hydroxyl groups is 1. The minimum atomic E-state index is -0.307. The quantitative estimate of drug-likeness (QED) is 0.417. The standard InChI is InChI=1S/C26H19N3O3/c30-24-15-14-18-8-4-5-11-20(18)22(24)16-27-29-25(17-32-19-9-2-1-3-10-19)28-23-13-7-6-12-21(23)26(29)31/h1-16,30H,17H2. The first-order valence-corrected chi connectivity index (χ1v) is 10.1. The highest BCUT2D eigenvalue weighted by Gasteiger charge is 2.12. The van der Waals surface area contributed by atoms with Crippen molar-refractivity contribution in [1.29, 1.82) is 0 Å². The average Bonchev–Trinajstić information content (AvgIpc) is 2.84. The molecule has 0 saturated heterocycles. The van der Waals surface area contributed by atoms with Crippen molar-refractivity contribution < 1.29 is 9.84 Å². The Bertz CT molecular complexity index is 1510. The molecule has 5 aromatic rings. The van der Waals surface area contributed by atoms with Crippen LogP contribution in [0.3, 0.4) is 0 Å². The highest BCUT2D eigenvalue weighted by Crippen LogP contribution is 2.25. The van der Waals surface area contributed by atoms with Gasteiger partial charge in [0.25, 0.3) is 5.56 Å². The number of phenols is 1. The summed E-state index contributed by atoms with van der Waals surface area (Å²) in [6.45, 7) is 0.0585. The van der Waals surface area contributed by atoms with Crippen molar-refractivity contribution in [3.63, 3.8) is 0 Å². The molecule has 0 atom stereocenters. The van der Waals surface area contributed by atoms with Gasteiger partial charge in [0.15, 0.2) is 5.82 Å². The lowest BCUT2D eigenvalue weighted by atomic mass is 10.0. The summed E-state index contributed by atoms with van der Waals surface area (Å²) in [7, 11) is 0. The maximum atomic E-state index is 13.2. The van der Waals surface area contributed by atoms with Gasteiger partial charge < -0.3 is 9.84 Å². The molecule has 0 fully saturated rings. The van der Waals surface area contributed by atoms with E-state index in [0.29, 0.717) is 28.0 Å². The molecule has 0 aliphatic carbocycles. The largest absolute Gasteiger partial charge is 0.507 e. The molecule has 0 unspecified atom stereocenters. The third-order valence-electron chi connectivity index (χ3n) is 5.18. The number of phenolic OH excluding ortho intramolecular Hbond substituents is 1. The van der Waals surface area contributed by atoms with Crippen molar-refractivity contribution in [3.05, 3.63) is 113 Å². The van der Waals surface area contributed by atoms with Crippen LogP contribution in [-0.4, -0.2) is 21.0 Å². The Balaban J connectivity index is 1.62. The van der Waals surface area contributed by atoms with Crippen molar-refractivity contribution >= 4 is 27.9 Å². The number of nitrogens with zero attached hydrogens (tertiary/aromatic N) is 3. The first kappa shape index (κ1) is 19.5. The van der Waals surface area contributed by atoms with Crippen molar-refractivity contribution in [1.82, 2.24) is 9.66 Å². The fourth-order valence-electron chi connectivity index (χ4n) is 3.58. The van der Waals surface area contributed by atoms with E-state index < -0.39 is 0 Å². The molecule has 6 heteroatoms. The minimum absolute atomic E-state index is 0.0585. The molecule has 0 radical (unpaired) electrons. The number of hydrogen-bond acceptors (Lipinski definition) is 5. The van der Waals surface area contributed by atoms with Gasteiger partial charge in [-0.2, -0.15) is 9.78 Å². The van der Waals surface area contributed by atoms with Crippen LogP contribution >= 0.6 is 0 Å². The number of fused-ring (bicyclic) bond motifs is 2. The summed E-state index contributed by atoms with van der Waals surface area (Å²) >= 11 is 0. The van der Waals surface area contributed by atoms with Crippen LogP contribution in [0.25, 0.3) is 21.7 Å². The van der Waals surface area contributed by atoms with E-state index in [1.165, 1.54) is 10.9 Å². The van der Waals surface area contributed by atoms with Crippen LogP contribution in [0.2, 0.25) is 0 Å². The fraction of sp³-hybridized carbons (Fsp3) is 0.0385. The monoisotopic (exact) mass is 421 g/mol. The van der Waals surface area contributed by atoms with Crippen molar-refractivity contribution in [2.75, 3.05) is 0 Å². The highest BCUT2D eigenvalue weighted by atomic mass is 16.5. The second kappa shape index (κ2) is 8.35. The molecule has 0 bridgehead atoms. The van der Waals surface area contributed by atoms with Gasteiger partial charge in [-0.25, -0.2) is 4.98 Å². The normalized spacial score (nSPS) is 11.4. The second-order valence-electron chi connectivity index (χ2n) is 7.23. The molecule has 0 saturated carbocycles. The van der Waals surface area contributed by atoms with Crippen LogP contribution in [0.5, 0.6) is 11.5 Å². The van der Waals surface area contributed by atoms with Crippen LogP contribution < -0.4 is 10.3 Å². The molecule has 5 rings (SSSR count). The van der Waals surface area contributed by atoms with E-state index in [2.05, 4.69) is 10.1 Å². The van der Waals surface area contributed by atoms with Crippen LogP contribution in [0.1, 0.15) is 11.4 Å². The second-order valence-corrected chi connectivity index (χ2v) is 7.23. The molecule has 32 heavy (non-hydrogen) atoms. The number of ether oxygens (including phenoxy) is 1. The van der Waals surface area contributed by atoms with Gasteiger partial charge in [0.2, 0.25) is 0 Å². The van der Waals surface area contributed by atoms with E-state index in [4.69, 9.17) is 4.74 Å². The molecule has 1 aromatic heterocycles. The van der Waals surface area contributed by atoms with Crippen LogP contribution in [0, 0.1) is 0 Å². The zero-order valence-corrected chi connectivity index (χ0v) is 17.1. The highest BCUT2D eigenvalue weighted by molar-refractivity contribution is 6.02. The van der Waals surface area contributed by atoms with Crippen LogP contribution in [0.15, 0.2) is 101 Å². The first-order chi connectivity index (χ1) is 15.7. The van der Waals surface area contributed by atoms with Crippen molar-refractivity contribution in [2.45, 2.75) is 6.61 Å². The Morgan fingerprint density at radius 3 is 2.44 bits per heavy atom. The van der Waals surface area contributed by atoms with E-state index in [0.717, 1.165) is 10.8 Å². The minimum Gasteiger partial charge on any atom is -0.507 e. The zero-order chi connectivity index (χ0) is 21.9. The van der Waals surface area contributed by atoms with Gasteiger partial charge in [-0.3, -0.25) is 4.79 Å². The number of para-hydroxylation sites is 2. The average molecular weight is 421 g/mol. The topological polar surface area (TPSA) is 76.7 Å². The lowest BCUT2D eigenvalue weighted by molar-refractivity contribution is 0.289. The summed E-state index contributed by atoms with van der Waals surface area (Å²) in [5.41, 5.74) is 0.792. The Labute approximate surface area is 183 Å².